The van der Waals surface area contributed by atoms with Crippen LogP contribution in [0.3, 0.4) is 0 Å². The molecule has 0 aliphatic carbocycles. The Kier molecular flexibility index (Phi) is 5.55. The number of rotatable bonds is 8. The molecule has 1 N–H and O–H groups in total. The Labute approximate surface area is 100 Å². The van der Waals surface area contributed by atoms with Crippen molar-refractivity contribution >= 4 is 5.97 Å². The number of tetrazole rings is 1. The van der Waals surface area contributed by atoms with Crippen molar-refractivity contribution in [3.63, 3.8) is 0 Å². The molecule has 7 heteroatoms. The molecule has 0 unspecified atom stereocenters. The van der Waals surface area contributed by atoms with Crippen molar-refractivity contribution in [3.05, 3.63) is 5.82 Å². The van der Waals surface area contributed by atoms with Gasteiger partial charge in [-0.15, -0.1) is 5.10 Å². The Balaban J connectivity index is 2.54. The Morgan fingerprint density at radius 1 is 1.47 bits per heavy atom. The van der Waals surface area contributed by atoms with E-state index in [4.69, 9.17) is 5.11 Å². The number of carbonyl (C=O) groups is 1. The maximum Gasteiger partial charge on any atom is 0.304 e. The van der Waals surface area contributed by atoms with Crippen LogP contribution in [0.5, 0.6) is 0 Å². The molecule has 96 valence electrons. The second-order valence-corrected chi connectivity index (χ2v) is 3.83. The maximum absolute atomic E-state index is 10.5. The normalized spacial score (nSPS) is 11.0. The fourth-order valence-corrected chi connectivity index (χ4v) is 1.52. The molecule has 1 heterocycles. The van der Waals surface area contributed by atoms with Crippen LogP contribution in [0.25, 0.3) is 0 Å². The Morgan fingerprint density at radius 3 is 2.82 bits per heavy atom. The lowest BCUT2D eigenvalue weighted by molar-refractivity contribution is -0.137. The summed E-state index contributed by atoms with van der Waals surface area (Å²) in [5, 5.41) is 20.2. The zero-order valence-electron chi connectivity index (χ0n) is 10.3. The highest BCUT2D eigenvalue weighted by molar-refractivity contribution is 5.66. The van der Waals surface area contributed by atoms with E-state index in [9.17, 15) is 4.79 Å². The monoisotopic (exact) mass is 241 g/mol. The van der Waals surface area contributed by atoms with Crippen LogP contribution in [-0.2, 0) is 17.9 Å². The van der Waals surface area contributed by atoms with E-state index in [1.54, 1.807) is 4.68 Å². The zero-order chi connectivity index (χ0) is 12.7. The average Bonchev–Trinajstić information content (AvgIpc) is 2.72. The smallest absolute Gasteiger partial charge is 0.304 e. The number of aryl methyl sites for hydroxylation is 1. The van der Waals surface area contributed by atoms with E-state index in [0.29, 0.717) is 13.1 Å². The Morgan fingerprint density at radius 2 is 2.24 bits per heavy atom. The number of carboxylic acids is 1. The van der Waals surface area contributed by atoms with Gasteiger partial charge in [-0.25, -0.2) is 4.68 Å². The summed E-state index contributed by atoms with van der Waals surface area (Å²) in [5.41, 5.74) is 0. The fraction of sp³-hybridized carbons (Fsp3) is 0.800. The van der Waals surface area contributed by atoms with Crippen molar-refractivity contribution in [2.45, 2.75) is 39.8 Å². The van der Waals surface area contributed by atoms with Crippen LogP contribution in [0, 0.1) is 0 Å². The van der Waals surface area contributed by atoms with E-state index < -0.39 is 5.97 Å². The van der Waals surface area contributed by atoms with Crippen molar-refractivity contribution in [2.24, 2.45) is 0 Å². The fourth-order valence-electron chi connectivity index (χ4n) is 1.52. The van der Waals surface area contributed by atoms with E-state index in [2.05, 4.69) is 22.4 Å². The van der Waals surface area contributed by atoms with Gasteiger partial charge in [-0.05, 0) is 23.4 Å². The van der Waals surface area contributed by atoms with Crippen LogP contribution in [0.4, 0.5) is 0 Å². The quantitative estimate of drug-likeness (QED) is 0.708. The lowest BCUT2D eigenvalue weighted by Gasteiger charge is -2.18. The highest BCUT2D eigenvalue weighted by Gasteiger charge is 2.11. The van der Waals surface area contributed by atoms with Crippen LogP contribution >= 0.6 is 0 Å². The molecule has 0 radical (unpaired) electrons. The Bertz CT molecular complexity index is 352. The Hall–Kier alpha value is -1.50. The summed E-state index contributed by atoms with van der Waals surface area (Å²) < 4.78 is 1.77. The van der Waals surface area contributed by atoms with Crippen molar-refractivity contribution in [2.75, 3.05) is 13.1 Å². The largest absolute Gasteiger partial charge is 0.481 e. The number of hydrogen-bond donors (Lipinski definition) is 1. The van der Waals surface area contributed by atoms with Gasteiger partial charge in [0, 0.05) is 13.1 Å². The van der Waals surface area contributed by atoms with E-state index in [1.807, 2.05) is 11.8 Å². The van der Waals surface area contributed by atoms with Crippen LogP contribution in [0.1, 0.15) is 32.5 Å². The maximum atomic E-state index is 10.5. The summed E-state index contributed by atoms with van der Waals surface area (Å²) in [6.07, 6.45) is 1.11. The molecule has 0 amide bonds. The van der Waals surface area contributed by atoms with Gasteiger partial charge in [-0.3, -0.25) is 9.69 Å². The molecule has 1 aromatic heterocycles. The minimum Gasteiger partial charge on any atom is -0.481 e. The summed E-state index contributed by atoms with van der Waals surface area (Å²) in [6, 6.07) is 0. The first kappa shape index (κ1) is 13.6. The van der Waals surface area contributed by atoms with Gasteiger partial charge in [0.05, 0.1) is 13.0 Å². The van der Waals surface area contributed by atoms with E-state index in [0.717, 1.165) is 25.3 Å². The predicted molar refractivity (Wildman–Crippen MR) is 61.3 cm³/mol. The van der Waals surface area contributed by atoms with Crippen molar-refractivity contribution < 1.29 is 9.90 Å². The standard InChI is InChI=1S/C10H19N5O2/c1-3-6-15-9(11-12-13-15)8-14(4-2)7-5-10(16)17/h3-8H2,1-2H3,(H,16,17). The summed E-state index contributed by atoms with van der Waals surface area (Å²) in [7, 11) is 0. The number of nitrogens with zero attached hydrogens (tertiary/aromatic N) is 5. The number of aromatic nitrogens is 4. The molecule has 0 aromatic carbocycles. The van der Waals surface area contributed by atoms with Crippen LogP contribution in [-0.4, -0.2) is 49.3 Å². The highest BCUT2D eigenvalue weighted by Crippen LogP contribution is 2.02. The first-order valence-corrected chi connectivity index (χ1v) is 5.86. The molecule has 0 saturated carbocycles. The molecule has 0 saturated heterocycles. The number of carboxylic acid groups (broad SMARTS) is 1. The summed E-state index contributed by atoms with van der Waals surface area (Å²) in [4.78, 5) is 12.5. The van der Waals surface area contributed by atoms with Gasteiger partial charge in [-0.2, -0.15) is 0 Å². The minimum absolute atomic E-state index is 0.142. The average molecular weight is 241 g/mol. The van der Waals surface area contributed by atoms with Gasteiger partial charge >= 0.3 is 5.97 Å². The molecule has 1 rings (SSSR count). The summed E-state index contributed by atoms with van der Waals surface area (Å²) >= 11 is 0. The van der Waals surface area contributed by atoms with Crippen molar-refractivity contribution in [3.8, 4) is 0 Å². The lowest BCUT2D eigenvalue weighted by Crippen LogP contribution is -2.27. The third kappa shape index (κ3) is 4.48. The van der Waals surface area contributed by atoms with Gasteiger partial charge in [0.15, 0.2) is 5.82 Å². The zero-order valence-corrected chi connectivity index (χ0v) is 10.3. The molecule has 0 fully saturated rings. The molecule has 7 nitrogen and oxygen atoms in total. The molecule has 1 aromatic rings. The summed E-state index contributed by atoms with van der Waals surface area (Å²) in [6.45, 7) is 6.75. The van der Waals surface area contributed by atoms with Crippen LogP contribution < -0.4 is 0 Å². The molecule has 0 aliphatic heterocycles. The van der Waals surface area contributed by atoms with Gasteiger partial charge in [0.2, 0.25) is 0 Å². The molecule has 0 aliphatic rings. The highest BCUT2D eigenvalue weighted by atomic mass is 16.4. The molecule has 0 atom stereocenters. The third-order valence-corrected chi connectivity index (χ3v) is 2.50. The van der Waals surface area contributed by atoms with E-state index >= 15 is 0 Å². The lowest BCUT2D eigenvalue weighted by atomic mass is 10.3. The first-order chi connectivity index (χ1) is 8.17. The molecule has 0 bridgehead atoms. The molecular formula is C10H19N5O2. The second kappa shape index (κ2) is 6.95. The second-order valence-electron chi connectivity index (χ2n) is 3.83. The first-order valence-electron chi connectivity index (χ1n) is 5.86. The van der Waals surface area contributed by atoms with E-state index in [1.165, 1.54) is 0 Å². The van der Waals surface area contributed by atoms with Gasteiger partial charge in [-0.1, -0.05) is 13.8 Å². The van der Waals surface area contributed by atoms with E-state index in [-0.39, 0.29) is 6.42 Å². The third-order valence-electron chi connectivity index (χ3n) is 2.50. The molecule has 17 heavy (non-hydrogen) atoms. The van der Waals surface area contributed by atoms with Crippen LogP contribution in [0.15, 0.2) is 0 Å². The van der Waals surface area contributed by atoms with Crippen molar-refractivity contribution in [1.82, 2.24) is 25.1 Å². The predicted octanol–water partition coefficient (Wildman–Crippen LogP) is 0.380. The number of aliphatic carboxylic acids is 1. The number of hydrogen-bond acceptors (Lipinski definition) is 5. The van der Waals surface area contributed by atoms with Crippen LogP contribution in [0.2, 0.25) is 0 Å². The van der Waals surface area contributed by atoms with Gasteiger partial charge < -0.3 is 5.11 Å². The minimum atomic E-state index is -0.781. The summed E-state index contributed by atoms with van der Waals surface area (Å²) in [5.74, 6) is 0.00990. The topological polar surface area (TPSA) is 84.1 Å². The SMILES string of the molecule is CCCn1nnnc1CN(CC)CCC(=O)O. The molecule has 0 spiro atoms. The van der Waals surface area contributed by atoms with Gasteiger partial charge in [0.1, 0.15) is 0 Å². The van der Waals surface area contributed by atoms with Gasteiger partial charge in [0.25, 0.3) is 0 Å². The van der Waals surface area contributed by atoms with Crippen molar-refractivity contribution in [1.29, 1.82) is 0 Å². The molecular weight excluding hydrogens is 222 g/mol.